The molecule has 0 amide bonds. The number of hydrogen-bond acceptors (Lipinski definition) is 1. The van der Waals surface area contributed by atoms with Gasteiger partial charge in [-0.3, -0.25) is 4.57 Å². The molecule has 0 N–H and O–H groups in total. The third-order valence-corrected chi connectivity index (χ3v) is 8.37. The number of hydrogen-bond donors (Lipinski definition) is 0. The Kier molecular flexibility index (Phi) is 4.31. The van der Waals surface area contributed by atoms with Crippen LogP contribution in [0, 0.1) is 0 Å². The molecule has 0 atom stereocenters. The molecule has 8 rings (SSSR count). The molecule has 1 aliphatic carbocycles. The normalized spacial score (nSPS) is 13.7. The zero-order valence-electron chi connectivity index (χ0n) is 21.4. The Hall–Kier alpha value is -4.69. The van der Waals surface area contributed by atoms with Gasteiger partial charge in [-0.05, 0) is 39.8 Å². The first-order chi connectivity index (χ1) is 18.6. The third kappa shape index (κ3) is 2.75. The second-order valence-corrected chi connectivity index (χ2v) is 10.8. The van der Waals surface area contributed by atoms with Crippen LogP contribution in [0.1, 0.15) is 25.0 Å². The molecule has 0 spiro atoms. The van der Waals surface area contributed by atoms with Gasteiger partial charge < -0.3 is 0 Å². The molecule has 0 bridgehead atoms. The summed E-state index contributed by atoms with van der Waals surface area (Å²) in [4.78, 5) is 5.37. The molecule has 180 valence electrons. The van der Waals surface area contributed by atoms with Gasteiger partial charge in [0.05, 0.1) is 16.7 Å². The Labute approximate surface area is 221 Å². The Morgan fingerprint density at radius 2 is 1.11 bits per heavy atom. The fourth-order valence-corrected chi connectivity index (χ4v) is 6.73. The molecule has 0 saturated carbocycles. The highest BCUT2D eigenvalue weighted by atomic mass is 15.1. The van der Waals surface area contributed by atoms with Crippen molar-refractivity contribution < 1.29 is 0 Å². The highest BCUT2D eigenvalue weighted by molar-refractivity contribution is 6.10. The number of rotatable bonds is 1. The molecule has 0 fully saturated rings. The molecular weight excluding hydrogens is 460 g/mol. The van der Waals surface area contributed by atoms with Crippen molar-refractivity contribution >= 4 is 32.6 Å². The van der Waals surface area contributed by atoms with Gasteiger partial charge in [0.1, 0.15) is 5.82 Å². The van der Waals surface area contributed by atoms with E-state index in [2.05, 4.69) is 140 Å². The number of aromatic nitrogens is 2. The lowest BCUT2D eigenvalue weighted by Gasteiger charge is -2.27. The van der Waals surface area contributed by atoms with Crippen LogP contribution in [0.4, 0.5) is 0 Å². The number of fused-ring (bicyclic) bond motifs is 10. The Balaban J connectivity index is 1.63. The Morgan fingerprint density at radius 3 is 1.92 bits per heavy atom. The van der Waals surface area contributed by atoms with Crippen LogP contribution >= 0.6 is 0 Å². The molecule has 2 nitrogen and oxygen atoms in total. The lowest BCUT2D eigenvalue weighted by Crippen LogP contribution is -2.19. The van der Waals surface area contributed by atoms with Crippen LogP contribution in [-0.2, 0) is 5.41 Å². The van der Waals surface area contributed by atoms with Gasteiger partial charge >= 0.3 is 0 Å². The van der Waals surface area contributed by atoms with Gasteiger partial charge in [-0.15, -0.1) is 0 Å². The molecule has 1 aliphatic rings. The van der Waals surface area contributed by atoms with Gasteiger partial charge in [-0.1, -0.05) is 123 Å². The van der Waals surface area contributed by atoms with Crippen LogP contribution in [0.5, 0.6) is 0 Å². The van der Waals surface area contributed by atoms with Gasteiger partial charge in [0, 0.05) is 27.1 Å². The average molecular weight is 487 g/mol. The molecule has 0 unspecified atom stereocenters. The van der Waals surface area contributed by atoms with Crippen molar-refractivity contribution in [1.82, 2.24) is 9.55 Å². The molecular formula is C36H26N2. The fourth-order valence-electron chi connectivity index (χ4n) is 6.73. The summed E-state index contributed by atoms with van der Waals surface area (Å²) < 4.78 is 2.44. The highest BCUT2D eigenvalue weighted by Gasteiger charge is 2.38. The van der Waals surface area contributed by atoms with E-state index in [9.17, 15) is 0 Å². The first-order valence-electron chi connectivity index (χ1n) is 13.3. The van der Waals surface area contributed by atoms with Crippen LogP contribution in [0.3, 0.4) is 0 Å². The molecule has 2 heteroatoms. The number of para-hydroxylation sites is 2. The largest absolute Gasteiger partial charge is 0.293 e. The summed E-state index contributed by atoms with van der Waals surface area (Å²) in [6, 6.07) is 43.8. The molecule has 0 radical (unpaired) electrons. The summed E-state index contributed by atoms with van der Waals surface area (Å²) in [5, 5.41) is 4.84. The van der Waals surface area contributed by atoms with Crippen LogP contribution in [0.15, 0.2) is 121 Å². The van der Waals surface area contributed by atoms with E-state index in [-0.39, 0.29) is 5.41 Å². The van der Waals surface area contributed by atoms with Crippen molar-refractivity contribution in [3.63, 3.8) is 0 Å². The first kappa shape index (κ1) is 21.4. The minimum absolute atomic E-state index is 0.220. The maximum Gasteiger partial charge on any atom is 0.146 e. The summed E-state index contributed by atoms with van der Waals surface area (Å²) >= 11 is 0. The molecule has 0 aliphatic heterocycles. The van der Waals surface area contributed by atoms with E-state index in [4.69, 9.17) is 4.98 Å². The van der Waals surface area contributed by atoms with Gasteiger partial charge in [-0.2, -0.15) is 0 Å². The number of benzene rings is 5. The Morgan fingerprint density at radius 1 is 0.526 bits per heavy atom. The summed E-state index contributed by atoms with van der Waals surface area (Å²) in [5.41, 5.74) is 9.73. The van der Waals surface area contributed by atoms with E-state index >= 15 is 0 Å². The van der Waals surface area contributed by atoms with Gasteiger partial charge in [0.25, 0.3) is 0 Å². The van der Waals surface area contributed by atoms with Crippen LogP contribution < -0.4 is 0 Å². The van der Waals surface area contributed by atoms with Crippen molar-refractivity contribution in [3.05, 3.63) is 132 Å². The van der Waals surface area contributed by atoms with Crippen molar-refractivity contribution in [2.24, 2.45) is 0 Å². The maximum atomic E-state index is 5.37. The lowest BCUT2D eigenvalue weighted by atomic mass is 9.75. The van der Waals surface area contributed by atoms with E-state index in [1.807, 2.05) is 0 Å². The third-order valence-electron chi connectivity index (χ3n) is 8.37. The SMILES string of the molecule is CC1(C)c2ccccc2-c2ccccc2-c2c1c1ccccc1n2-c1nc2ccccc2c2ccccc12. The van der Waals surface area contributed by atoms with Crippen LogP contribution in [-0.4, -0.2) is 9.55 Å². The van der Waals surface area contributed by atoms with Gasteiger partial charge in [-0.25, -0.2) is 4.98 Å². The first-order valence-corrected chi connectivity index (χ1v) is 13.3. The standard InChI is InChI=1S/C36H26N2/c1-36(2)30-20-10-7-15-25(30)23-13-3-5-17-27(23)34-33(36)29-19-9-12-22-32(29)38(34)35-28-18-6-4-14-24(28)26-16-8-11-21-31(26)37-35/h3-22H,1-2H3. The molecule has 38 heavy (non-hydrogen) atoms. The van der Waals surface area contributed by atoms with Gasteiger partial charge in [0.2, 0.25) is 0 Å². The van der Waals surface area contributed by atoms with Crippen LogP contribution in [0.2, 0.25) is 0 Å². The lowest BCUT2D eigenvalue weighted by molar-refractivity contribution is 0.651. The average Bonchev–Trinajstić information content (AvgIpc) is 3.29. The van der Waals surface area contributed by atoms with E-state index in [1.54, 1.807) is 0 Å². The summed E-state index contributed by atoms with van der Waals surface area (Å²) in [6.45, 7) is 4.75. The number of pyridine rings is 1. The number of nitrogens with zero attached hydrogens (tertiary/aromatic N) is 2. The monoisotopic (exact) mass is 486 g/mol. The van der Waals surface area contributed by atoms with Gasteiger partial charge in [0.15, 0.2) is 0 Å². The predicted octanol–water partition coefficient (Wildman–Crippen LogP) is 9.31. The van der Waals surface area contributed by atoms with Crippen molar-refractivity contribution in [2.45, 2.75) is 19.3 Å². The van der Waals surface area contributed by atoms with Crippen LogP contribution in [0.25, 0.3) is 60.8 Å². The smallest absolute Gasteiger partial charge is 0.146 e. The quantitative estimate of drug-likeness (QED) is 0.211. The second kappa shape index (κ2) is 7.66. The van der Waals surface area contributed by atoms with Crippen molar-refractivity contribution in [1.29, 1.82) is 0 Å². The molecule has 5 aromatic carbocycles. The summed E-state index contributed by atoms with van der Waals surface area (Å²) in [5.74, 6) is 0.980. The Bertz CT molecular complexity index is 2060. The van der Waals surface area contributed by atoms with Crippen molar-refractivity contribution in [2.75, 3.05) is 0 Å². The van der Waals surface area contributed by atoms with E-state index in [1.165, 1.54) is 55.2 Å². The topological polar surface area (TPSA) is 17.8 Å². The van der Waals surface area contributed by atoms with E-state index in [0.717, 1.165) is 16.7 Å². The summed E-state index contributed by atoms with van der Waals surface area (Å²) in [6.07, 6.45) is 0. The fraction of sp³-hybridized carbons (Fsp3) is 0.0833. The predicted molar refractivity (Wildman–Crippen MR) is 159 cm³/mol. The zero-order chi connectivity index (χ0) is 25.4. The zero-order valence-corrected chi connectivity index (χ0v) is 21.4. The minimum Gasteiger partial charge on any atom is -0.293 e. The molecule has 0 saturated heterocycles. The van der Waals surface area contributed by atoms with E-state index in [0.29, 0.717) is 0 Å². The second-order valence-electron chi connectivity index (χ2n) is 10.8. The molecule has 2 aromatic heterocycles. The molecule has 7 aromatic rings. The minimum atomic E-state index is -0.220. The molecule has 2 heterocycles. The highest BCUT2D eigenvalue weighted by Crippen LogP contribution is 2.52. The van der Waals surface area contributed by atoms with E-state index < -0.39 is 0 Å². The maximum absolute atomic E-state index is 5.37. The van der Waals surface area contributed by atoms with Crippen molar-refractivity contribution in [3.8, 4) is 28.2 Å². The summed E-state index contributed by atoms with van der Waals surface area (Å²) in [7, 11) is 0.